The molecule has 0 aliphatic heterocycles. The van der Waals surface area contributed by atoms with Gasteiger partial charge in [-0.3, -0.25) is 0 Å². The van der Waals surface area contributed by atoms with E-state index >= 15 is 0 Å². The minimum Gasteiger partial charge on any atom is -0.313 e. The molecule has 1 nitrogen and oxygen atoms in total. The fourth-order valence-electron chi connectivity index (χ4n) is 2.98. The number of benzene rings is 1. The molecule has 3 rings (SSSR count). The van der Waals surface area contributed by atoms with Gasteiger partial charge < -0.3 is 5.32 Å². The predicted octanol–water partition coefficient (Wildman–Crippen LogP) is 4.08. The molecular formula is C15H16ClNS. The van der Waals surface area contributed by atoms with Crippen LogP contribution in [0, 0.1) is 5.92 Å². The molecule has 3 heteroatoms. The van der Waals surface area contributed by atoms with Crippen molar-refractivity contribution in [1.29, 1.82) is 0 Å². The van der Waals surface area contributed by atoms with E-state index in [2.05, 4.69) is 42.7 Å². The van der Waals surface area contributed by atoms with Crippen LogP contribution in [-0.4, -0.2) is 7.05 Å². The average Bonchev–Trinajstić information content (AvgIpc) is 2.92. The van der Waals surface area contributed by atoms with Crippen molar-refractivity contribution in [3.05, 3.63) is 56.7 Å². The van der Waals surface area contributed by atoms with Crippen molar-refractivity contribution in [3.63, 3.8) is 0 Å². The molecule has 94 valence electrons. The summed E-state index contributed by atoms with van der Waals surface area (Å²) < 4.78 is 0.890. The van der Waals surface area contributed by atoms with Crippen molar-refractivity contribution in [3.8, 4) is 0 Å². The molecule has 0 amide bonds. The van der Waals surface area contributed by atoms with Gasteiger partial charge in [0.05, 0.1) is 4.34 Å². The molecule has 0 bridgehead atoms. The minimum absolute atomic E-state index is 0.474. The monoisotopic (exact) mass is 277 g/mol. The molecule has 0 fully saturated rings. The highest BCUT2D eigenvalue weighted by Gasteiger charge is 2.31. The Morgan fingerprint density at radius 2 is 2.11 bits per heavy atom. The number of rotatable bonds is 3. The van der Waals surface area contributed by atoms with Crippen molar-refractivity contribution < 1.29 is 0 Å². The topological polar surface area (TPSA) is 12.0 Å². The van der Waals surface area contributed by atoms with Crippen LogP contribution >= 0.6 is 22.9 Å². The van der Waals surface area contributed by atoms with Crippen LogP contribution in [0.15, 0.2) is 36.4 Å². The lowest BCUT2D eigenvalue weighted by molar-refractivity contribution is 0.412. The molecule has 1 aromatic heterocycles. The Labute approximate surface area is 117 Å². The Morgan fingerprint density at radius 1 is 1.28 bits per heavy atom. The van der Waals surface area contributed by atoms with Gasteiger partial charge in [0, 0.05) is 10.9 Å². The molecule has 2 atom stereocenters. The van der Waals surface area contributed by atoms with E-state index in [1.165, 1.54) is 16.0 Å². The summed E-state index contributed by atoms with van der Waals surface area (Å²) in [5.74, 6) is 0.641. The van der Waals surface area contributed by atoms with E-state index < -0.39 is 0 Å². The molecule has 0 saturated carbocycles. The van der Waals surface area contributed by atoms with E-state index in [4.69, 9.17) is 11.6 Å². The van der Waals surface area contributed by atoms with Gasteiger partial charge in [-0.2, -0.15) is 0 Å². The van der Waals surface area contributed by atoms with Crippen LogP contribution in [0.4, 0.5) is 0 Å². The number of thiophene rings is 1. The first kappa shape index (κ1) is 12.2. The van der Waals surface area contributed by atoms with Gasteiger partial charge >= 0.3 is 0 Å². The number of hydrogen-bond donors (Lipinski definition) is 1. The molecule has 1 aliphatic carbocycles. The summed E-state index contributed by atoms with van der Waals surface area (Å²) in [4.78, 5) is 1.39. The Hall–Kier alpha value is -0.830. The second kappa shape index (κ2) is 5.04. The van der Waals surface area contributed by atoms with Crippen LogP contribution < -0.4 is 5.32 Å². The van der Waals surface area contributed by atoms with Crippen LogP contribution in [0.1, 0.15) is 22.0 Å². The van der Waals surface area contributed by atoms with Crippen LogP contribution in [0.25, 0.3) is 0 Å². The van der Waals surface area contributed by atoms with Gasteiger partial charge in [0.1, 0.15) is 0 Å². The maximum atomic E-state index is 6.01. The van der Waals surface area contributed by atoms with Gasteiger partial charge in [0.2, 0.25) is 0 Å². The maximum absolute atomic E-state index is 6.01. The standard InChI is InChI=1S/C15H16ClNS/c1-17-15-11(9-12-6-7-14(16)18-12)8-10-4-2-3-5-13(10)15/h2-7,11,15,17H,8-9H2,1H3. The highest BCUT2D eigenvalue weighted by Crippen LogP contribution is 2.38. The van der Waals surface area contributed by atoms with E-state index in [1.807, 2.05) is 6.07 Å². The summed E-state index contributed by atoms with van der Waals surface area (Å²) in [7, 11) is 2.06. The molecule has 0 radical (unpaired) electrons. The zero-order chi connectivity index (χ0) is 12.5. The number of nitrogens with one attached hydrogen (secondary N) is 1. The van der Waals surface area contributed by atoms with Crippen molar-refractivity contribution in [1.82, 2.24) is 5.32 Å². The van der Waals surface area contributed by atoms with E-state index in [-0.39, 0.29) is 0 Å². The zero-order valence-corrected chi connectivity index (χ0v) is 11.9. The largest absolute Gasteiger partial charge is 0.313 e. The van der Waals surface area contributed by atoms with Crippen molar-refractivity contribution in [2.45, 2.75) is 18.9 Å². The lowest BCUT2D eigenvalue weighted by atomic mass is 9.96. The highest BCUT2D eigenvalue weighted by atomic mass is 35.5. The molecule has 18 heavy (non-hydrogen) atoms. The van der Waals surface area contributed by atoms with Gasteiger partial charge in [0.25, 0.3) is 0 Å². The summed E-state index contributed by atoms with van der Waals surface area (Å²) in [5, 5.41) is 3.47. The van der Waals surface area contributed by atoms with Crippen molar-refractivity contribution in [2.75, 3.05) is 7.05 Å². The van der Waals surface area contributed by atoms with Crippen molar-refractivity contribution >= 4 is 22.9 Å². The Morgan fingerprint density at radius 3 is 2.83 bits per heavy atom. The molecule has 2 unspecified atom stereocenters. The van der Waals surface area contributed by atoms with E-state index in [0.717, 1.165) is 17.2 Å². The first-order chi connectivity index (χ1) is 8.78. The van der Waals surface area contributed by atoms with Crippen LogP contribution in [0.5, 0.6) is 0 Å². The fourth-order valence-corrected chi connectivity index (χ4v) is 4.16. The highest BCUT2D eigenvalue weighted by molar-refractivity contribution is 7.16. The molecule has 1 heterocycles. The second-order valence-electron chi connectivity index (χ2n) is 4.84. The van der Waals surface area contributed by atoms with Gasteiger partial charge in [0.15, 0.2) is 0 Å². The minimum atomic E-state index is 0.474. The quantitative estimate of drug-likeness (QED) is 0.891. The van der Waals surface area contributed by atoms with Gasteiger partial charge in [-0.1, -0.05) is 35.9 Å². The fraction of sp³-hybridized carbons (Fsp3) is 0.333. The Balaban J connectivity index is 1.83. The Bertz CT molecular complexity index is 549. The summed E-state index contributed by atoms with van der Waals surface area (Å²) in [6, 6.07) is 13.4. The SMILES string of the molecule is CNC1c2ccccc2CC1Cc1ccc(Cl)s1. The molecule has 0 saturated heterocycles. The van der Waals surface area contributed by atoms with Crippen LogP contribution in [0.2, 0.25) is 4.34 Å². The van der Waals surface area contributed by atoms with E-state index in [9.17, 15) is 0 Å². The van der Waals surface area contributed by atoms with Gasteiger partial charge in [-0.25, -0.2) is 0 Å². The number of halogens is 1. The normalized spacial score (nSPS) is 22.1. The van der Waals surface area contributed by atoms with Gasteiger partial charge in [-0.15, -0.1) is 11.3 Å². The summed E-state index contributed by atoms with van der Waals surface area (Å²) in [6.45, 7) is 0. The summed E-state index contributed by atoms with van der Waals surface area (Å²) >= 11 is 7.71. The van der Waals surface area contributed by atoms with E-state index in [1.54, 1.807) is 11.3 Å². The average molecular weight is 278 g/mol. The maximum Gasteiger partial charge on any atom is 0.0931 e. The molecule has 1 N–H and O–H groups in total. The summed E-state index contributed by atoms with van der Waals surface area (Å²) in [5.41, 5.74) is 2.96. The van der Waals surface area contributed by atoms with E-state index in [0.29, 0.717) is 12.0 Å². The van der Waals surface area contributed by atoms with Crippen LogP contribution in [-0.2, 0) is 12.8 Å². The lowest BCUT2D eigenvalue weighted by Gasteiger charge is -2.19. The van der Waals surface area contributed by atoms with Gasteiger partial charge in [-0.05, 0) is 49.1 Å². The third kappa shape index (κ3) is 2.20. The second-order valence-corrected chi connectivity index (χ2v) is 6.64. The predicted molar refractivity (Wildman–Crippen MR) is 78.5 cm³/mol. The van der Waals surface area contributed by atoms with Crippen LogP contribution in [0.3, 0.4) is 0 Å². The third-order valence-electron chi connectivity index (χ3n) is 3.75. The lowest BCUT2D eigenvalue weighted by Crippen LogP contribution is -2.22. The molecular weight excluding hydrogens is 262 g/mol. The number of fused-ring (bicyclic) bond motifs is 1. The van der Waals surface area contributed by atoms with Crippen molar-refractivity contribution in [2.24, 2.45) is 5.92 Å². The molecule has 1 aromatic carbocycles. The third-order valence-corrected chi connectivity index (χ3v) is 5.00. The Kier molecular flexibility index (Phi) is 3.42. The first-order valence-electron chi connectivity index (χ1n) is 6.27. The summed E-state index contributed by atoms with van der Waals surface area (Å²) in [6.07, 6.45) is 2.27. The molecule has 1 aliphatic rings. The number of hydrogen-bond acceptors (Lipinski definition) is 2. The molecule has 2 aromatic rings. The smallest absolute Gasteiger partial charge is 0.0931 e. The first-order valence-corrected chi connectivity index (χ1v) is 7.46. The molecule has 0 spiro atoms. The zero-order valence-electron chi connectivity index (χ0n) is 10.3.